The zero-order valence-corrected chi connectivity index (χ0v) is 69.0. The summed E-state index contributed by atoms with van der Waals surface area (Å²) in [6, 6.07) is 0. The highest BCUT2D eigenvalue weighted by molar-refractivity contribution is 5.39. The van der Waals surface area contributed by atoms with Crippen LogP contribution in [0, 0.1) is 55.4 Å². The van der Waals surface area contributed by atoms with Gasteiger partial charge in [0.05, 0.1) is 0 Å². The molecule has 600 valence electrons. The van der Waals surface area contributed by atoms with Gasteiger partial charge in [-0.05, 0) is 108 Å². The van der Waals surface area contributed by atoms with Crippen molar-refractivity contribution < 1.29 is 0 Å². The van der Waals surface area contributed by atoms with Crippen LogP contribution in [0.15, 0.2) is 0 Å². The first kappa shape index (κ1) is 94.9. The summed E-state index contributed by atoms with van der Waals surface area (Å²) in [7, 11) is 15.0. The number of aromatic nitrogens is 24. The monoisotopic (exact) mass is 1510 g/mol. The predicted molar refractivity (Wildman–Crippen MR) is 440 cm³/mol. The molecular weight excluding hydrogens is 1380 g/mol. The van der Waals surface area contributed by atoms with Crippen molar-refractivity contribution in [2.24, 2.45) is 0 Å². The van der Waals surface area contributed by atoms with Gasteiger partial charge >= 0.3 is 0 Å². The van der Waals surface area contributed by atoms with E-state index in [0.29, 0.717) is 106 Å². The van der Waals surface area contributed by atoms with E-state index in [9.17, 15) is 0 Å². The Balaban J connectivity index is 0.000000618. The quantitative estimate of drug-likeness (QED) is 0.0177. The molecule has 0 amide bonds. The smallest absolute Gasteiger partial charge is 0.230 e. The zero-order valence-electron chi connectivity index (χ0n) is 69.0. The molecule has 0 aliphatic heterocycles. The van der Waals surface area contributed by atoms with Crippen molar-refractivity contribution in [3.63, 3.8) is 0 Å². The molecule has 8 aromatic rings. The number of nitrogens with zero attached hydrogens (tertiary/aromatic N) is 28. The van der Waals surface area contributed by atoms with Gasteiger partial charge in [-0.3, -0.25) is 0 Å². The highest BCUT2D eigenvalue weighted by Gasteiger charge is 2.11. The maximum absolute atomic E-state index is 5.56. The Morgan fingerprint density at radius 2 is 0.509 bits per heavy atom. The molecule has 0 bridgehead atoms. The van der Waals surface area contributed by atoms with Gasteiger partial charge in [0.15, 0.2) is 0 Å². The first-order valence-corrected chi connectivity index (χ1v) is 36.9. The molecule has 0 radical (unpaired) electrons. The van der Waals surface area contributed by atoms with Crippen LogP contribution < -0.4 is 85.1 Å². The summed E-state index contributed by atoms with van der Waals surface area (Å²) in [6.07, 6.45) is 13.9. The van der Waals surface area contributed by atoms with E-state index in [-0.39, 0.29) is 17.8 Å². The summed E-state index contributed by atoms with van der Waals surface area (Å²) in [4.78, 5) is 106. The minimum atomic E-state index is 0.276. The average molecular weight is 1510 g/mol. The number of hydrogen-bond donors (Lipinski definition) is 12. The van der Waals surface area contributed by atoms with Crippen LogP contribution in [-0.2, 0) is 0 Å². The zero-order chi connectivity index (χ0) is 80.9. The Kier molecular flexibility index (Phi) is 48.6. The van der Waals surface area contributed by atoms with Crippen LogP contribution in [0.2, 0.25) is 0 Å². The molecule has 0 aromatic carbocycles. The standard InChI is InChI=1S/2C10H19N5.2C9H17N5.2C8H15N5.2C7H13N5/c1-4-5-6-7-15(3)10-13-8(2)12-9(11)14-10;1-4-5-6-7-12-10-14-8(2)13-9(11-3)15-10;1-4-5-6-14(3)9-12-7(2)11-8(10)13-9;1-4-5-6-11-9-13-7(2)12-8(10-3)14-9;1-4-5-13(3)8-11-6(2)10-7(9)12-8;1-4-5-10-8-12-6(2)11-7(9-3)13-8;1-4-12(3)7-10-5(2)9-6(8)11-7;1-4-9-7-11-5(2)10-6(8-3)12-7/h4-7H2,1-3H3,(H2,11,12,13,14);4-7H2,1-3H3,(H2,11,12,13,14,15);4-6H2,1-3H3,(H2,10,11,12,13);4-6H2,1-3H3,(H2,10,11,12,13,14);4-5H2,1-3H3,(H2,9,10,11,12);4-5H2,1-3H3,(H2,9,10,11,12,13);4H2,1-3H3,(H2,8,9,10,11);4H2,1-3H3,(H2,8,9,10,11,12). The van der Waals surface area contributed by atoms with E-state index < -0.39 is 0 Å². The lowest BCUT2D eigenvalue weighted by Gasteiger charge is -2.16. The second-order valence-electron chi connectivity index (χ2n) is 24.0. The Morgan fingerprint density at radius 1 is 0.241 bits per heavy atom. The van der Waals surface area contributed by atoms with Crippen LogP contribution in [0.1, 0.15) is 179 Å². The van der Waals surface area contributed by atoms with Gasteiger partial charge in [-0.15, -0.1) is 0 Å². The summed E-state index contributed by atoms with van der Waals surface area (Å²) in [5, 5.41) is 24.0. The Bertz CT molecular complexity index is 3640. The van der Waals surface area contributed by atoms with Gasteiger partial charge in [0, 0.05) is 109 Å². The van der Waals surface area contributed by atoms with E-state index >= 15 is 0 Å². The second kappa shape index (κ2) is 55.3. The van der Waals surface area contributed by atoms with Crippen LogP contribution in [0.3, 0.4) is 0 Å². The van der Waals surface area contributed by atoms with Crippen molar-refractivity contribution in [2.75, 3.05) is 194 Å². The molecule has 0 atom stereocenters. The average Bonchev–Trinajstić information content (AvgIpc) is 0.914. The molecule has 40 heteroatoms. The van der Waals surface area contributed by atoms with Crippen LogP contribution in [-0.4, -0.2) is 228 Å². The summed E-state index contributed by atoms with van der Waals surface area (Å²) < 4.78 is 0. The van der Waals surface area contributed by atoms with Crippen molar-refractivity contribution in [2.45, 2.75) is 188 Å². The molecule has 40 nitrogen and oxygen atoms in total. The van der Waals surface area contributed by atoms with Crippen molar-refractivity contribution in [3.05, 3.63) is 46.6 Å². The molecule has 8 heterocycles. The second-order valence-corrected chi connectivity index (χ2v) is 24.0. The van der Waals surface area contributed by atoms with Crippen LogP contribution in [0.5, 0.6) is 0 Å². The van der Waals surface area contributed by atoms with E-state index in [2.05, 4.69) is 204 Å². The molecule has 108 heavy (non-hydrogen) atoms. The molecule has 0 unspecified atom stereocenters. The fourth-order valence-corrected chi connectivity index (χ4v) is 8.44. The SMILES string of the molecule is CCCCCN(C)c1nc(C)nc(N)n1.CCCCCNc1nc(C)nc(NC)n1.CCCCN(C)c1nc(C)nc(N)n1.CCCCNc1nc(C)nc(NC)n1.CCCN(C)c1nc(C)nc(N)n1.CCCNc1nc(C)nc(NC)n1.CCN(C)c1nc(C)nc(N)n1.CCNc1nc(C)nc(NC)n1. The molecule has 0 spiro atoms. The predicted octanol–water partition coefficient (Wildman–Crippen LogP) is 8.17. The van der Waals surface area contributed by atoms with Crippen molar-refractivity contribution in [1.82, 2.24) is 120 Å². The summed E-state index contributed by atoms with van der Waals surface area (Å²) in [6.45, 7) is 38.7. The Morgan fingerprint density at radius 3 is 0.796 bits per heavy atom. The fourth-order valence-electron chi connectivity index (χ4n) is 8.44. The number of hydrogen-bond acceptors (Lipinski definition) is 40. The van der Waals surface area contributed by atoms with E-state index in [0.717, 1.165) is 121 Å². The largest absolute Gasteiger partial charge is 0.368 e. The van der Waals surface area contributed by atoms with Gasteiger partial charge in [-0.1, -0.05) is 80.1 Å². The first-order chi connectivity index (χ1) is 51.6. The molecule has 8 aromatic heterocycles. The van der Waals surface area contributed by atoms with E-state index in [1.807, 2.05) is 103 Å². The number of nitrogen functional groups attached to an aromatic ring is 4. The fraction of sp³-hybridized carbons (Fsp3) is 0.647. The summed E-state index contributed by atoms with van der Waals surface area (Å²) in [5.41, 5.74) is 22.1. The van der Waals surface area contributed by atoms with Gasteiger partial charge < -0.3 is 85.1 Å². The Labute approximate surface area is 640 Å². The number of unbranched alkanes of at least 4 members (excludes halogenated alkanes) is 6. The topological polar surface area (TPSA) is 523 Å². The van der Waals surface area contributed by atoms with Gasteiger partial charge in [0.2, 0.25) is 95.2 Å². The van der Waals surface area contributed by atoms with Crippen molar-refractivity contribution in [3.8, 4) is 0 Å². The first-order valence-electron chi connectivity index (χ1n) is 36.9. The number of rotatable bonds is 32. The van der Waals surface area contributed by atoms with E-state index in [1.165, 1.54) is 25.7 Å². The number of aryl methyl sites for hydroxylation is 8. The molecule has 0 aliphatic rings. The molecule has 0 aliphatic carbocycles. The molecule has 8 rings (SSSR count). The van der Waals surface area contributed by atoms with Crippen molar-refractivity contribution in [1.29, 1.82) is 0 Å². The summed E-state index contributed by atoms with van der Waals surface area (Å²) >= 11 is 0. The molecule has 0 fully saturated rings. The van der Waals surface area contributed by atoms with Gasteiger partial charge in [0.1, 0.15) is 46.6 Å². The lowest BCUT2D eigenvalue weighted by Crippen LogP contribution is -2.22. The minimum absolute atomic E-state index is 0.276. The third-order valence-corrected chi connectivity index (χ3v) is 14.0. The lowest BCUT2D eigenvalue weighted by molar-refractivity contribution is 0.694. The number of anilines is 16. The molecule has 16 N–H and O–H groups in total. The number of nitrogens with one attached hydrogen (secondary N) is 8. The van der Waals surface area contributed by atoms with Crippen LogP contribution >= 0.6 is 0 Å². The molecule has 0 saturated carbocycles. The third kappa shape index (κ3) is 42.1. The molecule has 0 saturated heterocycles. The van der Waals surface area contributed by atoms with Gasteiger partial charge in [-0.2, -0.15) is 120 Å². The van der Waals surface area contributed by atoms with Crippen molar-refractivity contribution >= 4 is 95.2 Å². The van der Waals surface area contributed by atoms with E-state index in [4.69, 9.17) is 22.9 Å². The maximum atomic E-state index is 5.56. The highest BCUT2D eigenvalue weighted by atomic mass is 15.3. The van der Waals surface area contributed by atoms with Gasteiger partial charge in [-0.25, -0.2) is 0 Å². The highest BCUT2D eigenvalue weighted by Crippen LogP contribution is 2.13. The normalized spacial score (nSPS) is 10.0. The minimum Gasteiger partial charge on any atom is -0.368 e. The van der Waals surface area contributed by atoms with Gasteiger partial charge in [0.25, 0.3) is 0 Å². The van der Waals surface area contributed by atoms with E-state index in [1.54, 1.807) is 42.0 Å². The van der Waals surface area contributed by atoms with Crippen LogP contribution in [0.4, 0.5) is 95.2 Å². The maximum Gasteiger partial charge on any atom is 0.230 e. The molecular formula is C68H128N40. The number of nitrogens with two attached hydrogens (primary N) is 4. The van der Waals surface area contributed by atoms with Crippen LogP contribution in [0.25, 0.3) is 0 Å². The summed E-state index contributed by atoms with van der Waals surface area (Å²) in [5.74, 6) is 14.2. The third-order valence-electron chi connectivity index (χ3n) is 14.0. The Hall–Kier alpha value is -11.1. The lowest BCUT2D eigenvalue weighted by atomic mass is 10.2.